The second kappa shape index (κ2) is 8.00. The van der Waals surface area contributed by atoms with Crippen molar-refractivity contribution in [1.82, 2.24) is 4.98 Å². The molecule has 1 aliphatic carbocycles. The number of aryl methyl sites for hydroxylation is 1. The fraction of sp³-hybridized carbons (Fsp3) is 0.273. The molecule has 0 fully saturated rings. The van der Waals surface area contributed by atoms with Crippen LogP contribution in [0.3, 0.4) is 0 Å². The second-order valence-corrected chi connectivity index (χ2v) is 2.48. The molecule has 0 bridgehead atoms. The van der Waals surface area contributed by atoms with Crippen molar-refractivity contribution < 1.29 is 19.5 Å². The molecule has 0 radical (unpaired) electrons. The molecular formula is C11H13NRu. The van der Waals surface area contributed by atoms with E-state index in [1.807, 2.05) is 24.4 Å². The Morgan fingerprint density at radius 1 is 1.54 bits per heavy atom. The molecule has 70 valence electrons. The van der Waals surface area contributed by atoms with Crippen LogP contribution in [0.15, 0.2) is 30.5 Å². The number of rotatable bonds is 1. The summed E-state index contributed by atoms with van der Waals surface area (Å²) in [6.45, 7) is 2.11. The van der Waals surface area contributed by atoms with E-state index in [-0.39, 0.29) is 19.5 Å². The third kappa shape index (κ3) is 5.60. The van der Waals surface area contributed by atoms with Gasteiger partial charge >= 0.3 is 19.5 Å². The van der Waals surface area contributed by atoms with Crippen molar-refractivity contribution in [1.29, 1.82) is 0 Å². The third-order valence-corrected chi connectivity index (χ3v) is 1.57. The Hall–Kier alpha value is -0.617. The van der Waals surface area contributed by atoms with Gasteiger partial charge in [-0.2, -0.15) is 23.9 Å². The number of allylic oxidation sites excluding steroid dienone is 4. The maximum Gasteiger partial charge on any atom is 2.00 e. The average Bonchev–Trinajstić information content (AvgIpc) is 2.81. The Bertz CT molecular complexity index is 237. The summed E-state index contributed by atoms with van der Waals surface area (Å²) in [5.41, 5.74) is 1.25. The van der Waals surface area contributed by atoms with Crippen molar-refractivity contribution in [3.05, 3.63) is 48.3 Å². The van der Waals surface area contributed by atoms with E-state index in [2.05, 4.69) is 30.3 Å². The van der Waals surface area contributed by atoms with E-state index in [1.165, 1.54) is 5.56 Å². The van der Waals surface area contributed by atoms with Crippen LogP contribution in [0.2, 0.25) is 0 Å². The van der Waals surface area contributed by atoms with Gasteiger partial charge in [0.1, 0.15) is 0 Å². The van der Waals surface area contributed by atoms with E-state index in [0.717, 1.165) is 12.8 Å². The maximum absolute atomic E-state index is 2.99. The first-order chi connectivity index (χ1) is 5.93. The predicted molar refractivity (Wildman–Crippen MR) is 50.6 cm³/mol. The Kier molecular flexibility index (Phi) is 7.62. The van der Waals surface area contributed by atoms with Crippen LogP contribution in [-0.4, -0.2) is 4.98 Å². The molecule has 0 saturated carbocycles. The number of aromatic nitrogens is 1. The zero-order valence-electron chi connectivity index (χ0n) is 7.65. The molecule has 1 nitrogen and oxygen atoms in total. The van der Waals surface area contributed by atoms with Gasteiger partial charge in [0.25, 0.3) is 0 Å². The summed E-state index contributed by atoms with van der Waals surface area (Å²) in [5.74, 6) is 0. The summed E-state index contributed by atoms with van der Waals surface area (Å²) in [4.78, 5) is 2.86. The molecule has 2 heteroatoms. The van der Waals surface area contributed by atoms with Crippen LogP contribution < -0.4 is 0 Å². The van der Waals surface area contributed by atoms with Crippen LogP contribution >= 0.6 is 0 Å². The molecule has 0 aromatic carbocycles. The van der Waals surface area contributed by atoms with Gasteiger partial charge in [0.05, 0.1) is 0 Å². The van der Waals surface area contributed by atoms with E-state index in [9.17, 15) is 0 Å². The van der Waals surface area contributed by atoms with Gasteiger partial charge in [0.2, 0.25) is 0 Å². The summed E-state index contributed by atoms with van der Waals surface area (Å²) in [5, 5.41) is 0. The third-order valence-electron chi connectivity index (χ3n) is 1.57. The first-order valence-electron chi connectivity index (χ1n) is 4.19. The summed E-state index contributed by atoms with van der Waals surface area (Å²) in [7, 11) is 0. The number of hydrogen-bond donors (Lipinski definition) is 1. The van der Waals surface area contributed by atoms with Gasteiger partial charge in [0, 0.05) is 0 Å². The van der Waals surface area contributed by atoms with Gasteiger partial charge in [-0.05, 0) is 0 Å². The first kappa shape index (κ1) is 12.4. The van der Waals surface area contributed by atoms with E-state index in [0.29, 0.717) is 0 Å². The molecule has 0 saturated heterocycles. The smallest absolute Gasteiger partial charge is 0.484 e. The summed E-state index contributed by atoms with van der Waals surface area (Å²) in [6.07, 6.45) is 15.9. The minimum Gasteiger partial charge on any atom is -0.484 e. The maximum atomic E-state index is 2.99. The van der Waals surface area contributed by atoms with Crippen LogP contribution in [0.4, 0.5) is 0 Å². The van der Waals surface area contributed by atoms with Gasteiger partial charge in [-0.25, -0.2) is 12.2 Å². The molecule has 1 aromatic heterocycles. The van der Waals surface area contributed by atoms with Crippen LogP contribution in [0.25, 0.3) is 0 Å². The molecule has 1 aliphatic rings. The van der Waals surface area contributed by atoms with Crippen LogP contribution in [0.1, 0.15) is 18.9 Å². The average molecular weight is 260 g/mol. The standard InChI is InChI=1S/C6H8N.C5H5.Ru/c1-2-6-3-4-7-5-6;1-2-4-5-3-1;/h3-4,7H,2H2,1H3;1-3H,4H2;/q2*-1;+2. The fourth-order valence-electron chi connectivity index (χ4n) is 0.865. The van der Waals surface area contributed by atoms with Crippen molar-refractivity contribution >= 4 is 0 Å². The number of H-pyrrole nitrogens is 1. The molecule has 13 heavy (non-hydrogen) atoms. The normalized spacial score (nSPS) is 11.8. The Balaban J connectivity index is 0.000000215. The summed E-state index contributed by atoms with van der Waals surface area (Å²) >= 11 is 0. The van der Waals surface area contributed by atoms with Crippen molar-refractivity contribution in [3.8, 4) is 0 Å². The Morgan fingerprint density at radius 2 is 2.38 bits per heavy atom. The molecular weight excluding hydrogens is 247 g/mol. The molecule has 0 atom stereocenters. The second-order valence-electron chi connectivity index (χ2n) is 2.48. The zero-order valence-corrected chi connectivity index (χ0v) is 9.39. The molecule has 2 rings (SSSR count). The SMILES string of the molecule is CCc1[c-][nH]cc1.[C-]1=CC=CC1.[Ru+2]. The van der Waals surface area contributed by atoms with Gasteiger partial charge < -0.3 is 4.98 Å². The summed E-state index contributed by atoms with van der Waals surface area (Å²) < 4.78 is 0. The zero-order chi connectivity index (χ0) is 8.65. The molecule has 0 spiro atoms. The number of nitrogens with one attached hydrogen (secondary N) is 1. The topological polar surface area (TPSA) is 15.8 Å². The summed E-state index contributed by atoms with van der Waals surface area (Å²) in [6, 6.07) is 2.03. The molecule has 1 heterocycles. The van der Waals surface area contributed by atoms with E-state index < -0.39 is 0 Å². The molecule has 0 amide bonds. The minimum atomic E-state index is 0. The largest absolute Gasteiger partial charge is 2.00 e. The number of aromatic amines is 1. The van der Waals surface area contributed by atoms with Crippen molar-refractivity contribution in [3.63, 3.8) is 0 Å². The van der Waals surface area contributed by atoms with Gasteiger partial charge in [0.15, 0.2) is 0 Å². The van der Waals surface area contributed by atoms with Gasteiger partial charge in [-0.15, -0.1) is 12.6 Å². The Morgan fingerprint density at radius 3 is 2.62 bits per heavy atom. The van der Waals surface area contributed by atoms with Crippen LogP contribution in [0.5, 0.6) is 0 Å². The fourth-order valence-corrected chi connectivity index (χ4v) is 0.865. The van der Waals surface area contributed by atoms with E-state index in [4.69, 9.17) is 0 Å². The van der Waals surface area contributed by atoms with Gasteiger partial charge in [-0.1, -0.05) is 13.3 Å². The quantitative estimate of drug-likeness (QED) is 0.590. The van der Waals surface area contributed by atoms with Crippen molar-refractivity contribution in [2.75, 3.05) is 0 Å². The van der Waals surface area contributed by atoms with Crippen LogP contribution in [0, 0.1) is 12.3 Å². The molecule has 1 aromatic rings. The predicted octanol–water partition coefficient (Wildman–Crippen LogP) is 2.68. The van der Waals surface area contributed by atoms with Crippen molar-refractivity contribution in [2.45, 2.75) is 19.8 Å². The molecule has 0 aliphatic heterocycles. The molecule has 0 unspecified atom stereocenters. The van der Waals surface area contributed by atoms with Crippen molar-refractivity contribution in [2.24, 2.45) is 0 Å². The number of hydrogen-bond acceptors (Lipinski definition) is 0. The first-order valence-corrected chi connectivity index (χ1v) is 4.19. The van der Waals surface area contributed by atoms with E-state index in [1.54, 1.807) is 0 Å². The van der Waals surface area contributed by atoms with E-state index >= 15 is 0 Å². The van der Waals surface area contributed by atoms with Crippen LogP contribution in [-0.2, 0) is 25.9 Å². The molecule has 1 N–H and O–H groups in total. The Labute approximate surface area is 92.7 Å². The van der Waals surface area contributed by atoms with Gasteiger partial charge in [-0.3, -0.25) is 6.08 Å². The monoisotopic (exact) mass is 261 g/mol. The minimum absolute atomic E-state index is 0.